The quantitative estimate of drug-likeness (QED) is 0.860. The summed E-state index contributed by atoms with van der Waals surface area (Å²) in [4.78, 5) is 14.4. The molecule has 1 amide bonds. The van der Waals surface area contributed by atoms with Gasteiger partial charge in [0.2, 0.25) is 5.91 Å². The molecule has 0 saturated carbocycles. The van der Waals surface area contributed by atoms with Crippen LogP contribution in [0.3, 0.4) is 0 Å². The molecule has 1 aromatic heterocycles. The SMILES string of the molecule is O=C(Cc1ccccc1Cl)N1CCCC1c1ccco1. The van der Waals surface area contributed by atoms with Gasteiger partial charge in [-0.1, -0.05) is 29.8 Å². The van der Waals surface area contributed by atoms with E-state index in [-0.39, 0.29) is 11.9 Å². The molecule has 0 N–H and O–H groups in total. The maximum atomic E-state index is 12.5. The molecule has 1 aliphatic rings. The molecule has 4 heteroatoms. The summed E-state index contributed by atoms with van der Waals surface area (Å²) >= 11 is 6.12. The predicted octanol–water partition coefficient (Wildman–Crippen LogP) is 3.84. The number of carbonyl (C=O) groups is 1. The minimum Gasteiger partial charge on any atom is -0.467 e. The Morgan fingerprint density at radius 1 is 1.30 bits per heavy atom. The predicted molar refractivity (Wildman–Crippen MR) is 77.6 cm³/mol. The number of hydrogen-bond acceptors (Lipinski definition) is 2. The van der Waals surface area contributed by atoms with Gasteiger partial charge in [0.1, 0.15) is 5.76 Å². The summed E-state index contributed by atoms with van der Waals surface area (Å²) < 4.78 is 5.45. The minimum atomic E-state index is 0.0694. The molecular weight excluding hydrogens is 274 g/mol. The first-order valence-corrected chi connectivity index (χ1v) is 7.20. The van der Waals surface area contributed by atoms with E-state index >= 15 is 0 Å². The highest BCUT2D eigenvalue weighted by Crippen LogP contribution is 2.32. The summed E-state index contributed by atoms with van der Waals surface area (Å²) in [5.41, 5.74) is 0.879. The average molecular weight is 290 g/mol. The summed E-state index contributed by atoms with van der Waals surface area (Å²) in [5.74, 6) is 0.979. The Morgan fingerprint density at radius 2 is 2.15 bits per heavy atom. The van der Waals surface area contributed by atoms with Gasteiger partial charge in [-0.15, -0.1) is 0 Å². The Kier molecular flexibility index (Phi) is 3.79. The van der Waals surface area contributed by atoms with Crippen molar-refractivity contribution >= 4 is 17.5 Å². The van der Waals surface area contributed by atoms with Gasteiger partial charge in [0.15, 0.2) is 0 Å². The van der Waals surface area contributed by atoms with Crippen LogP contribution in [0.2, 0.25) is 5.02 Å². The van der Waals surface area contributed by atoms with Gasteiger partial charge in [-0.3, -0.25) is 4.79 Å². The van der Waals surface area contributed by atoms with E-state index in [0.717, 1.165) is 30.7 Å². The van der Waals surface area contributed by atoms with E-state index in [1.807, 2.05) is 41.3 Å². The Labute approximate surface area is 123 Å². The number of likely N-dealkylation sites (tertiary alicyclic amines) is 1. The molecule has 1 fully saturated rings. The van der Waals surface area contributed by atoms with Crippen molar-refractivity contribution in [3.63, 3.8) is 0 Å². The normalized spacial score (nSPS) is 18.4. The van der Waals surface area contributed by atoms with Gasteiger partial charge in [-0.05, 0) is 36.6 Å². The van der Waals surface area contributed by atoms with Gasteiger partial charge in [-0.25, -0.2) is 0 Å². The van der Waals surface area contributed by atoms with Crippen LogP contribution in [0.15, 0.2) is 47.1 Å². The van der Waals surface area contributed by atoms with Crippen LogP contribution in [0.1, 0.15) is 30.2 Å². The Bertz CT molecular complexity index is 594. The van der Waals surface area contributed by atoms with E-state index in [0.29, 0.717) is 11.4 Å². The average Bonchev–Trinajstić information content (AvgIpc) is 3.11. The molecule has 1 saturated heterocycles. The second kappa shape index (κ2) is 5.71. The number of furan rings is 1. The molecule has 1 aliphatic heterocycles. The van der Waals surface area contributed by atoms with Crippen LogP contribution < -0.4 is 0 Å². The van der Waals surface area contributed by atoms with E-state index < -0.39 is 0 Å². The molecule has 3 nitrogen and oxygen atoms in total. The topological polar surface area (TPSA) is 33.5 Å². The van der Waals surface area contributed by atoms with Gasteiger partial charge in [0, 0.05) is 11.6 Å². The lowest BCUT2D eigenvalue weighted by Gasteiger charge is -2.23. The molecule has 0 aliphatic carbocycles. The molecule has 1 aromatic carbocycles. The van der Waals surface area contributed by atoms with Crippen molar-refractivity contribution in [1.29, 1.82) is 0 Å². The second-order valence-electron chi connectivity index (χ2n) is 5.03. The molecule has 2 aromatic rings. The largest absolute Gasteiger partial charge is 0.467 e. The zero-order chi connectivity index (χ0) is 13.9. The molecule has 0 spiro atoms. The maximum absolute atomic E-state index is 12.5. The van der Waals surface area contributed by atoms with Gasteiger partial charge >= 0.3 is 0 Å². The van der Waals surface area contributed by atoms with Crippen molar-refractivity contribution in [1.82, 2.24) is 4.90 Å². The molecule has 3 rings (SSSR count). The number of rotatable bonds is 3. The summed E-state index contributed by atoms with van der Waals surface area (Å²) in [6.07, 6.45) is 3.97. The fraction of sp³-hybridized carbons (Fsp3) is 0.312. The summed E-state index contributed by atoms with van der Waals surface area (Å²) in [7, 11) is 0. The van der Waals surface area contributed by atoms with Crippen molar-refractivity contribution in [3.05, 3.63) is 59.0 Å². The lowest BCUT2D eigenvalue weighted by molar-refractivity contribution is -0.131. The number of amides is 1. The summed E-state index contributed by atoms with van der Waals surface area (Å²) in [5, 5.41) is 0.648. The third-order valence-electron chi connectivity index (χ3n) is 3.74. The molecule has 20 heavy (non-hydrogen) atoms. The lowest BCUT2D eigenvalue weighted by Crippen LogP contribution is -2.31. The molecule has 0 radical (unpaired) electrons. The highest BCUT2D eigenvalue weighted by atomic mass is 35.5. The first-order valence-electron chi connectivity index (χ1n) is 6.82. The van der Waals surface area contributed by atoms with Crippen molar-refractivity contribution < 1.29 is 9.21 Å². The van der Waals surface area contributed by atoms with E-state index in [1.165, 1.54) is 0 Å². The Hall–Kier alpha value is -1.74. The Morgan fingerprint density at radius 3 is 2.90 bits per heavy atom. The molecular formula is C16H16ClNO2. The van der Waals surface area contributed by atoms with Crippen LogP contribution in [0.25, 0.3) is 0 Å². The number of hydrogen-bond donors (Lipinski definition) is 0. The molecule has 1 atom stereocenters. The summed E-state index contributed by atoms with van der Waals surface area (Å²) in [6.45, 7) is 0.786. The zero-order valence-corrected chi connectivity index (χ0v) is 11.8. The van der Waals surface area contributed by atoms with Crippen LogP contribution >= 0.6 is 11.6 Å². The van der Waals surface area contributed by atoms with Gasteiger partial charge in [0.05, 0.1) is 18.7 Å². The molecule has 0 bridgehead atoms. The lowest BCUT2D eigenvalue weighted by atomic mass is 10.1. The molecule has 104 valence electrons. The second-order valence-corrected chi connectivity index (χ2v) is 5.44. The zero-order valence-electron chi connectivity index (χ0n) is 11.1. The highest BCUT2D eigenvalue weighted by Gasteiger charge is 2.31. The first kappa shape index (κ1) is 13.3. The number of halogens is 1. The van der Waals surface area contributed by atoms with Crippen LogP contribution in [-0.4, -0.2) is 17.4 Å². The first-order chi connectivity index (χ1) is 9.75. The monoisotopic (exact) mass is 289 g/mol. The third kappa shape index (κ3) is 2.59. The van der Waals surface area contributed by atoms with Gasteiger partial charge in [0.25, 0.3) is 0 Å². The highest BCUT2D eigenvalue weighted by molar-refractivity contribution is 6.31. The van der Waals surface area contributed by atoms with E-state index in [4.69, 9.17) is 16.0 Å². The summed E-state index contributed by atoms with van der Waals surface area (Å²) in [6, 6.07) is 11.4. The van der Waals surface area contributed by atoms with Gasteiger partial charge < -0.3 is 9.32 Å². The maximum Gasteiger partial charge on any atom is 0.227 e. The number of benzene rings is 1. The van der Waals surface area contributed by atoms with E-state index in [2.05, 4.69) is 0 Å². The van der Waals surface area contributed by atoms with Crippen molar-refractivity contribution in [2.75, 3.05) is 6.54 Å². The molecule has 1 unspecified atom stereocenters. The van der Waals surface area contributed by atoms with Crippen LogP contribution in [0, 0.1) is 0 Å². The fourth-order valence-electron chi connectivity index (χ4n) is 2.75. The standard InChI is InChI=1S/C16H16ClNO2/c17-13-6-2-1-5-12(13)11-16(19)18-9-3-7-14(18)15-8-4-10-20-15/h1-2,4-6,8,10,14H,3,7,9,11H2. The van der Waals surface area contributed by atoms with Crippen molar-refractivity contribution in [3.8, 4) is 0 Å². The van der Waals surface area contributed by atoms with E-state index in [1.54, 1.807) is 6.26 Å². The minimum absolute atomic E-state index is 0.0694. The van der Waals surface area contributed by atoms with Crippen molar-refractivity contribution in [2.45, 2.75) is 25.3 Å². The smallest absolute Gasteiger partial charge is 0.227 e. The van der Waals surface area contributed by atoms with Gasteiger partial charge in [-0.2, -0.15) is 0 Å². The van der Waals surface area contributed by atoms with Crippen LogP contribution in [0.5, 0.6) is 0 Å². The number of carbonyl (C=O) groups excluding carboxylic acids is 1. The third-order valence-corrected chi connectivity index (χ3v) is 4.11. The van der Waals surface area contributed by atoms with E-state index in [9.17, 15) is 4.79 Å². The van der Waals surface area contributed by atoms with Crippen LogP contribution in [-0.2, 0) is 11.2 Å². The molecule has 2 heterocycles. The van der Waals surface area contributed by atoms with Crippen LogP contribution in [0.4, 0.5) is 0 Å². The fourth-order valence-corrected chi connectivity index (χ4v) is 2.95. The number of nitrogens with zero attached hydrogens (tertiary/aromatic N) is 1. The van der Waals surface area contributed by atoms with Crippen molar-refractivity contribution in [2.24, 2.45) is 0 Å². The Balaban J connectivity index is 1.75.